The predicted molar refractivity (Wildman–Crippen MR) is 69.0 cm³/mol. The van der Waals surface area contributed by atoms with E-state index in [0.717, 1.165) is 6.07 Å². The molecule has 1 aliphatic carbocycles. The van der Waals surface area contributed by atoms with Crippen molar-refractivity contribution >= 4 is 39.1 Å². The Bertz CT molecular complexity index is 691. The van der Waals surface area contributed by atoms with E-state index in [2.05, 4.69) is 0 Å². The summed E-state index contributed by atoms with van der Waals surface area (Å²) < 4.78 is 50.8. The third-order valence-corrected chi connectivity index (χ3v) is 5.08. The van der Waals surface area contributed by atoms with Crippen molar-refractivity contribution in [1.29, 1.82) is 0 Å². The first-order valence-electron chi connectivity index (χ1n) is 5.45. The molecular weight excluding hydrogens is 335 g/mol. The molecule has 0 radical (unpaired) electrons. The average molecular weight is 344 g/mol. The van der Waals surface area contributed by atoms with Crippen LogP contribution in [0.4, 0.5) is 8.78 Å². The average Bonchev–Trinajstić information content (AvgIpc) is 2.92. The zero-order valence-electron chi connectivity index (χ0n) is 10.1. The molecule has 1 fully saturated rings. The number of halogens is 4. The lowest BCUT2D eigenvalue weighted by Crippen LogP contribution is -2.33. The SMILES string of the molecule is Cc1cc(S(=O)(=O)NC(=O)C2CC2(Cl)Cl)c(F)cc1F. The number of hydrogen-bond donors (Lipinski definition) is 1. The van der Waals surface area contributed by atoms with Crippen LogP contribution in [0.15, 0.2) is 17.0 Å². The van der Waals surface area contributed by atoms with Crippen LogP contribution in [-0.4, -0.2) is 18.7 Å². The molecule has 1 aromatic carbocycles. The van der Waals surface area contributed by atoms with E-state index in [4.69, 9.17) is 23.2 Å². The Kier molecular flexibility index (Phi) is 3.73. The topological polar surface area (TPSA) is 63.2 Å². The lowest BCUT2D eigenvalue weighted by atomic mass is 10.2. The van der Waals surface area contributed by atoms with Gasteiger partial charge in [-0.15, -0.1) is 23.2 Å². The van der Waals surface area contributed by atoms with Crippen LogP contribution in [0.3, 0.4) is 0 Å². The van der Waals surface area contributed by atoms with E-state index >= 15 is 0 Å². The molecule has 1 atom stereocenters. The van der Waals surface area contributed by atoms with Gasteiger partial charge in [-0.05, 0) is 25.0 Å². The van der Waals surface area contributed by atoms with Crippen molar-refractivity contribution in [3.05, 3.63) is 29.3 Å². The van der Waals surface area contributed by atoms with E-state index in [1.165, 1.54) is 6.92 Å². The van der Waals surface area contributed by atoms with Crippen LogP contribution in [0.1, 0.15) is 12.0 Å². The van der Waals surface area contributed by atoms with Crippen molar-refractivity contribution in [2.24, 2.45) is 5.92 Å². The molecule has 2 rings (SSSR count). The number of benzene rings is 1. The van der Waals surface area contributed by atoms with Gasteiger partial charge in [-0.2, -0.15) is 0 Å². The molecular formula is C11H9Cl2F2NO3S. The van der Waals surface area contributed by atoms with E-state index in [9.17, 15) is 22.0 Å². The van der Waals surface area contributed by atoms with Crippen LogP contribution >= 0.6 is 23.2 Å². The maximum absolute atomic E-state index is 13.5. The molecule has 0 bridgehead atoms. The summed E-state index contributed by atoms with van der Waals surface area (Å²) in [4.78, 5) is 10.8. The van der Waals surface area contributed by atoms with Crippen LogP contribution in [0.2, 0.25) is 0 Å². The van der Waals surface area contributed by atoms with Gasteiger partial charge in [-0.1, -0.05) is 0 Å². The zero-order chi connectivity index (χ0) is 15.3. The molecule has 1 amide bonds. The fourth-order valence-corrected chi connectivity index (χ4v) is 3.26. The molecule has 0 heterocycles. The summed E-state index contributed by atoms with van der Waals surface area (Å²) in [6, 6.07) is 1.25. The maximum Gasteiger partial charge on any atom is 0.266 e. The maximum atomic E-state index is 13.5. The Morgan fingerprint density at radius 2 is 1.90 bits per heavy atom. The standard InChI is InChI=1S/C11H9Cl2F2NO3S/c1-5-2-9(8(15)3-7(5)14)20(18,19)16-10(17)6-4-11(6,12)13/h2-3,6H,4H2,1H3,(H,16,17). The number of sulfonamides is 1. The molecule has 20 heavy (non-hydrogen) atoms. The summed E-state index contributed by atoms with van der Waals surface area (Å²) in [5, 5.41) is 0. The Hall–Kier alpha value is -0.920. The van der Waals surface area contributed by atoms with E-state index in [0.29, 0.717) is 6.07 Å². The first-order chi connectivity index (χ1) is 9.04. The van der Waals surface area contributed by atoms with Gasteiger partial charge in [0.15, 0.2) is 0 Å². The first kappa shape index (κ1) is 15.5. The number of carbonyl (C=O) groups is 1. The Balaban J connectivity index is 2.28. The summed E-state index contributed by atoms with van der Waals surface area (Å²) >= 11 is 11.3. The van der Waals surface area contributed by atoms with Gasteiger partial charge in [0, 0.05) is 6.07 Å². The van der Waals surface area contributed by atoms with Crippen molar-refractivity contribution in [3.8, 4) is 0 Å². The van der Waals surface area contributed by atoms with E-state index in [1.54, 1.807) is 4.72 Å². The number of hydrogen-bond acceptors (Lipinski definition) is 3. The molecule has 1 aliphatic rings. The molecule has 0 saturated heterocycles. The van der Waals surface area contributed by atoms with Gasteiger partial charge in [-0.25, -0.2) is 21.9 Å². The van der Waals surface area contributed by atoms with Gasteiger partial charge in [0.1, 0.15) is 20.9 Å². The molecule has 1 unspecified atom stereocenters. The van der Waals surface area contributed by atoms with Crippen LogP contribution in [0.5, 0.6) is 0 Å². The van der Waals surface area contributed by atoms with Gasteiger partial charge in [0.25, 0.3) is 10.0 Å². The predicted octanol–water partition coefficient (Wildman–Crippen LogP) is 2.27. The fraction of sp³-hybridized carbons (Fsp3) is 0.364. The van der Waals surface area contributed by atoms with Crippen LogP contribution in [0.25, 0.3) is 0 Å². The molecule has 4 nitrogen and oxygen atoms in total. The second-order valence-corrected chi connectivity index (χ2v) is 7.71. The number of amides is 1. The van der Waals surface area contributed by atoms with Crippen molar-refractivity contribution in [2.45, 2.75) is 22.6 Å². The summed E-state index contributed by atoms with van der Waals surface area (Å²) in [6.07, 6.45) is 0.113. The molecule has 0 aromatic heterocycles. The van der Waals surface area contributed by atoms with E-state index < -0.39 is 42.7 Å². The number of aryl methyl sites for hydroxylation is 1. The molecule has 1 aromatic rings. The van der Waals surface area contributed by atoms with Crippen molar-refractivity contribution in [3.63, 3.8) is 0 Å². The van der Waals surface area contributed by atoms with Crippen LogP contribution in [-0.2, 0) is 14.8 Å². The minimum absolute atomic E-state index is 0.0605. The first-order valence-corrected chi connectivity index (χ1v) is 7.68. The van der Waals surface area contributed by atoms with Gasteiger partial charge in [-0.3, -0.25) is 4.79 Å². The van der Waals surface area contributed by atoms with Crippen molar-refractivity contribution in [2.75, 3.05) is 0 Å². The second kappa shape index (κ2) is 4.82. The lowest BCUT2D eigenvalue weighted by Gasteiger charge is -2.09. The number of carbonyl (C=O) groups excluding carboxylic acids is 1. The summed E-state index contributed by atoms with van der Waals surface area (Å²) in [7, 11) is -4.44. The Morgan fingerprint density at radius 3 is 2.40 bits per heavy atom. The monoisotopic (exact) mass is 343 g/mol. The second-order valence-electron chi connectivity index (χ2n) is 4.52. The fourth-order valence-electron chi connectivity index (χ4n) is 1.59. The van der Waals surface area contributed by atoms with Crippen molar-refractivity contribution in [1.82, 2.24) is 4.72 Å². The van der Waals surface area contributed by atoms with Gasteiger partial charge < -0.3 is 0 Å². The van der Waals surface area contributed by atoms with Crippen molar-refractivity contribution < 1.29 is 22.0 Å². The van der Waals surface area contributed by atoms with Gasteiger partial charge in [0.05, 0.1) is 5.92 Å². The third-order valence-electron chi connectivity index (χ3n) is 2.88. The number of nitrogens with one attached hydrogen (secondary N) is 1. The Morgan fingerprint density at radius 1 is 1.35 bits per heavy atom. The minimum Gasteiger partial charge on any atom is -0.274 e. The third kappa shape index (κ3) is 2.89. The highest BCUT2D eigenvalue weighted by molar-refractivity contribution is 7.90. The molecule has 110 valence electrons. The van der Waals surface area contributed by atoms with E-state index in [1.807, 2.05) is 0 Å². The normalized spacial score (nSPS) is 20.6. The minimum atomic E-state index is -4.44. The highest BCUT2D eigenvalue weighted by Crippen LogP contribution is 2.53. The van der Waals surface area contributed by atoms with E-state index in [-0.39, 0.29) is 12.0 Å². The zero-order valence-corrected chi connectivity index (χ0v) is 12.4. The molecule has 9 heteroatoms. The summed E-state index contributed by atoms with van der Waals surface area (Å²) in [5.74, 6) is -3.95. The molecule has 1 N–H and O–H groups in total. The summed E-state index contributed by atoms with van der Waals surface area (Å²) in [5.41, 5.74) is -0.0605. The molecule has 0 aliphatic heterocycles. The van der Waals surface area contributed by atoms with Crippen LogP contribution in [0, 0.1) is 24.5 Å². The number of rotatable bonds is 3. The smallest absolute Gasteiger partial charge is 0.266 e. The quantitative estimate of drug-likeness (QED) is 0.856. The molecule has 1 saturated carbocycles. The highest BCUT2D eigenvalue weighted by Gasteiger charge is 2.57. The largest absolute Gasteiger partial charge is 0.274 e. The Labute approximate surface area is 124 Å². The highest BCUT2D eigenvalue weighted by atomic mass is 35.5. The number of alkyl halides is 2. The lowest BCUT2D eigenvalue weighted by molar-refractivity contribution is -0.120. The van der Waals surface area contributed by atoms with Gasteiger partial charge >= 0.3 is 0 Å². The van der Waals surface area contributed by atoms with Gasteiger partial charge in [0.2, 0.25) is 5.91 Å². The van der Waals surface area contributed by atoms with Crippen LogP contribution < -0.4 is 4.72 Å². The summed E-state index contributed by atoms with van der Waals surface area (Å²) in [6.45, 7) is 1.28. The molecule has 0 spiro atoms.